The Balaban J connectivity index is 1.45. The zero-order valence-electron chi connectivity index (χ0n) is 26.3. The molecule has 47 heavy (non-hydrogen) atoms. The third kappa shape index (κ3) is 4.70. The Kier molecular flexibility index (Phi) is 7.59. The summed E-state index contributed by atoms with van der Waals surface area (Å²) in [4.78, 5) is 57.4. The maximum atomic E-state index is 15.1. The topological polar surface area (TPSA) is 110 Å². The Bertz CT molecular complexity index is 1950. The number of amides is 1. The number of allylic oxidation sites excluding steroid dienone is 1. The number of nitro groups is 1. The van der Waals surface area contributed by atoms with E-state index < -0.39 is 28.3 Å². The summed E-state index contributed by atoms with van der Waals surface area (Å²) in [6, 6.07) is 26.4. The lowest BCUT2D eigenvalue weighted by atomic mass is 9.64. The summed E-state index contributed by atoms with van der Waals surface area (Å²) in [5.74, 6) is -2.11. The van der Waals surface area contributed by atoms with Crippen LogP contribution < -0.4 is 10.2 Å². The number of benzene rings is 4. The molecule has 0 radical (unpaired) electrons. The molecule has 1 spiro atoms. The summed E-state index contributed by atoms with van der Waals surface area (Å²) in [7, 11) is 0. The van der Waals surface area contributed by atoms with Gasteiger partial charge in [-0.05, 0) is 60.7 Å². The minimum absolute atomic E-state index is 0.139. The summed E-state index contributed by atoms with van der Waals surface area (Å²) in [6.07, 6.45) is 6.22. The standard InChI is InChI=1S/C39H35N3O5/c1-3-4-5-10-25-15-17-26(18-16-25)36(43)34-35(37(44)27-19-21-28(22-20-27)42(46)47)41-32-14-9-6-11-29(32)24(2)23-33(41)39(34)30-12-7-8-13-31(30)40-38(39)45/h6-9,11-23,33-35H,3-5,10H2,1-2H3,(H,40,45). The second-order valence-corrected chi connectivity index (χ2v) is 12.7. The first-order valence-corrected chi connectivity index (χ1v) is 16.2. The van der Waals surface area contributed by atoms with Crippen LogP contribution >= 0.6 is 0 Å². The van der Waals surface area contributed by atoms with E-state index in [4.69, 9.17) is 0 Å². The van der Waals surface area contributed by atoms with E-state index >= 15 is 4.79 Å². The molecule has 0 saturated carbocycles. The molecule has 1 saturated heterocycles. The first-order valence-electron chi connectivity index (χ1n) is 16.2. The third-order valence-corrected chi connectivity index (χ3v) is 10.1. The molecule has 4 aromatic rings. The van der Waals surface area contributed by atoms with E-state index in [-0.39, 0.29) is 28.7 Å². The van der Waals surface area contributed by atoms with E-state index in [1.165, 1.54) is 24.3 Å². The molecule has 4 unspecified atom stereocenters. The van der Waals surface area contributed by atoms with Crippen molar-refractivity contribution in [2.75, 3.05) is 10.2 Å². The molecule has 4 aromatic carbocycles. The van der Waals surface area contributed by atoms with Gasteiger partial charge in [-0.25, -0.2) is 0 Å². The number of nitrogens with one attached hydrogen (secondary N) is 1. The fourth-order valence-corrected chi connectivity index (χ4v) is 7.90. The number of non-ortho nitro benzene ring substituents is 1. The zero-order valence-corrected chi connectivity index (χ0v) is 26.3. The fraction of sp³-hybridized carbons (Fsp3) is 0.256. The summed E-state index contributed by atoms with van der Waals surface area (Å²) >= 11 is 0. The van der Waals surface area contributed by atoms with Crippen molar-refractivity contribution in [1.82, 2.24) is 0 Å². The lowest BCUT2D eigenvalue weighted by Gasteiger charge is -2.39. The molecule has 1 fully saturated rings. The van der Waals surface area contributed by atoms with Crippen LogP contribution in [0.5, 0.6) is 0 Å². The fourth-order valence-electron chi connectivity index (χ4n) is 7.90. The van der Waals surface area contributed by atoms with Gasteiger partial charge in [0.15, 0.2) is 11.6 Å². The number of nitrogens with zero attached hydrogens (tertiary/aromatic N) is 2. The van der Waals surface area contributed by atoms with Gasteiger partial charge < -0.3 is 10.2 Å². The molecule has 0 aliphatic carbocycles. The molecule has 1 amide bonds. The first kappa shape index (κ1) is 30.3. The van der Waals surface area contributed by atoms with Crippen molar-refractivity contribution in [2.45, 2.75) is 57.0 Å². The van der Waals surface area contributed by atoms with Crippen molar-refractivity contribution in [1.29, 1.82) is 0 Å². The van der Waals surface area contributed by atoms with Gasteiger partial charge in [0.25, 0.3) is 5.69 Å². The zero-order chi connectivity index (χ0) is 32.9. The highest BCUT2D eigenvalue weighted by Gasteiger charge is 2.70. The highest BCUT2D eigenvalue weighted by atomic mass is 16.6. The number of carbonyl (C=O) groups excluding carboxylic acids is 3. The van der Waals surface area contributed by atoms with Gasteiger partial charge in [-0.1, -0.05) is 86.5 Å². The Morgan fingerprint density at radius 3 is 2.26 bits per heavy atom. The molecule has 0 bridgehead atoms. The maximum absolute atomic E-state index is 15.1. The second kappa shape index (κ2) is 11.8. The minimum Gasteiger partial charge on any atom is -0.352 e. The highest BCUT2D eigenvalue weighted by molar-refractivity contribution is 6.18. The van der Waals surface area contributed by atoms with Crippen LogP contribution in [0.2, 0.25) is 0 Å². The van der Waals surface area contributed by atoms with E-state index in [0.29, 0.717) is 16.8 Å². The van der Waals surface area contributed by atoms with Gasteiger partial charge in [0, 0.05) is 40.2 Å². The van der Waals surface area contributed by atoms with Crippen LogP contribution in [0.4, 0.5) is 17.1 Å². The average Bonchev–Trinajstić information content (AvgIpc) is 3.56. The number of ketones is 2. The summed E-state index contributed by atoms with van der Waals surface area (Å²) in [5, 5.41) is 14.5. The summed E-state index contributed by atoms with van der Waals surface area (Å²) in [6.45, 7) is 4.15. The number of aryl methyl sites for hydroxylation is 1. The van der Waals surface area contributed by atoms with Crippen LogP contribution in [-0.2, 0) is 16.6 Å². The molecule has 236 valence electrons. The van der Waals surface area contributed by atoms with E-state index in [2.05, 4.69) is 12.2 Å². The number of hydrogen-bond donors (Lipinski definition) is 1. The van der Waals surface area contributed by atoms with Gasteiger partial charge in [0.1, 0.15) is 11.5 Å². The van der Waals surface area contributed by atoms with Crippen molar-refractivity contribution >= 4 is 40.1 Å². The minimum atomic E-state index is -1.43. The van der Waals surface area contributed by atoms with Crippen molar-refractivity contribution in [3.63, 3.8) is 0 Å². The van der Waals surface area contributed by atoms with E-state index in [1.54, 1.807) is 0 Å². The normalized spacial score (nSPS) is 22.3. The smallest absolute Gasteiger partial charge is 0.269 e. The molecule has 8 nitrogen and oxygen atoms in total. The van der Waals surface area contributed by atoms with Gasteiger partial charge in [-0.2, -0.15) is 0 Å². The van der Waals surface area contributed by atoms with Crippen LogP contribution in [-0.4, -0.2) is 34.5 Å². The monoisotopic (exact) mass is 625 g/mol. The van der Waals surface area contributed by atoms with Gasteiger partial charge in [-0.15, -0.1) is 0 Å². The van der Waals surface area contributed by atoms with E-state index in [9.17, 15) is 19.7 Å². The molecular weight excluding hydrogens is 590 g/mol. The van der Waals surface area contributed by atoms with Gasteiger partial charge in [0.2, 0.25) is 5.91 Å². The number of para-hydroxylation sites is 2. The number of Topliss-reactive ketones (excluding diaryl/α,β-unsaturated/α-hetero) is 2. The van der Waals surface area contributed by atoms with Crippen molar-refractivity contribution < 1.29 is 19.3 Å². The first-order chi connectivity index (χ1) is 22.8. The van der Waals surface area contributed by atoms with Crippen LogP contribution in [0.15, 0.2) is 103 Å². The Morgan fingerprint density at radius 1 is 0.872 bits per heavy atom. The molecule has 3 aliphatic heterocycles. The molecule has 0 aromatic heterocycles. The summed E-state index contributed by atoms with van der Waals surface area (Å²) in [5.41, 5.74) is 4.15. The SMILES string of the molecule is CCCCCc1ccc(C(=O)C2C(C(=O)c3ccc([N+](=O)[O-])cc3)N3c4ccccc4C(C)=CC3C23C(=O)Nc2ccccc23)cc1. The van der Waals surface area contributed by atoms with Crippen LogP contribution in [0.1, 0.15) is 70.5 Å². The number of carbonyl (C=O) groups is 3. The van der Waals surface area contributed by atoms with Gasteiger partial charge >= 0.3 is 0 Å². The Labute approximate surface area is 273 Å². The van der Waals surface area contributed by atoms with Crippen molar-refractivity contribution in [3.8, 4) is 0 Å². The number of unbranched alkanes of at least 4 members (excludes halogenated alkanes) is 2. The Morgan fingerprint density at radius 2 is 1.53 bits per heavy atom. The number of hydrogen-bond acceptors (Lipinski definition) is 6. The number of anilines is 2. The van der Waals surface area contributed by atoms with Crippen LogP contribution in [0.3, 0.4) is 0 Å². The molecule has 8 heteroatoms. The van der Waals surface area contributed by atoms with Crippen molar-refractivity contribution in [2.24, 2.45) is 5.92 Å². The molecule has 4 atom stereocenters. The molecule has 7 rings (SSSR count). The lowest BCUT2D eigenvalue weighted by Crippen LogP contribution is -2.51. The molecule has 3 heterocycles. The van der Waals surface area contributed by atoms with Crippen molar-refractivity contribution in [3.05, 3.63) is 141 Å². The largest absolute Gasteiger partial charge is 0.352 e. The second-order valence-electron chi connectivity index (χ2n) is 12.7. The molecule has 3 aliphatic rings. The number of nitro benzene ring substituents is 1. The van der Waals surface area contributed by atoms with Crippen LogP contribution in [0.25, 0.3) is 5.57 Å². The van der Waals surface area contributed by atoms with E-state index in [0.717, 1.165) is 48.1 Å². The average molecular weight is 626 g/mol. The third-order valence-electron chi connectivity index (χ3n) is 10.1. The number of fused-ring (bicyclic) bond motifs is 6. The predicted molar refractivity (Wildman–Crippen MR) is 182 cm³/mol. The maximum Gasteiger partial charge on any atom is 0.269 e. The quantitative estimate of drug-likeness (QED) is 0.0889. The lowest BCUT2D eigenvalue weighted by molar-refractivity contribution is -0.384. The van der Waals surface area contributed by atoms with Crippen LogP contribution in [0, 0.1) is 16.0 Å². The molecular formula is C39H35N3O5. The predicted octanol–water partition coefficient (Wildman–Crippen LogP) is 7.57. The number of rotatable bonds is 9. The van der Waals surface area contributed by atoms with Gasteiger partial charge in [0.05, 0.1) is 16.9 Å². The Hall–Kier alpha value is -5.37. The highest BCUT2D eigenvalue weighted by Crippen LogP contribution is 2.58. The van der Waals surface area contributed by atoms with Gasteiger partial charge in [-0.3, -0.25) is 24.5 Å². The summed E-state index contributed by atoms with van der Waals surface area (Å²) < 4.78 is 0. The van der Waals surface area contributed by atoms with E-state index in [1.807, 2.05) is 90.7 Å². The molecule has 1 N–H and O–H groups in total.